The first-order chi connectivity index (χ1) is 8.20. The van der Waals surface area contributed by atoms with Crippen LogP contribution in [0.5, 0.6) is 5.75 Å². The smallest absolute Gasteiger partial charge is 0.123 e. The Labute approximate surface area is 102 Å². The maximum absolute atomic E-state index is 9.31. The topological polar surface area (TPSA) is 47.3 Å². The van der Waals surface area contributed by atoms with E-state index < -0.39 is 0 Å². The van der Waals surface area contributed by atoms with Crippen molar-refractivity contribution in [1.29, 1.82) is 5.26 Å². The summed E-state index contributed by atoms with van der Waals surface area (Å²) in [6.07, 6.45) is 2.33. The number of phenols is 1. The fourth-order valence-corrected chi connectivity index (χ4v) is 2.31. The van der Waals surface area contributed by atoms with Crippen LogP contribution in [-0.2, 0) is 0 Å². The average molecular weight is 230 g/mol. The normalized spacial score (nSPS) is 19.8. The van der Waals surface area contributed by atoms with Crippen molar-refractivity contribution in [1.82, 2.24) is 4.90 Å². The SMILES string of the molecule is CC1CCN(C(C#N)c2ccc(O)cc2)CC1. The first-order valence-electron chi connectivity index (χ1n) is 6.13. The van der Waals surface area contributed by atoms with Gasteiger partial charge in [-0.3, -0.25) is 4.90 Å². The molecule has 0 aliphatic carbocycles. The molecule has 90 valence electrons. The van der Waals surface area contributed by atoms with Gasteiger partial charge in [-0.1, -0.05) is 19.1 Å². The summed E-state index contributed by atoms with van der Waals surface area (Å²) >= 11 is 0. The lowest BCUT2D eigenvalue weighted by Gasteiger charge is -2.33. The van der Waals surface area contributed by atoms with Crippen molar-refractivity contribution in [3.05, 3.63) is 29.8 Å². The van der Waals surface area contributed by atoms with Gasteiger partial charge in [0.1, 0.15) is 11.8 Å². The summed E-state index contributed by atoms with van der Waals surface area (Å²) in [6.45, 7) is 4.24. The summed E-state index contributed by atoms with van der Waals surface area (Å²) in [5.74, 6) is 1.02. The molecule has 1 N–H and O–H groups in total. The Kier molecular flexibility index (Phi) is 3.65. The van der Waals surface area contributed by atoms with E-state index in [0.717, 1.165) is 37.4 Å². The highest BCUT2D eigenvalue weighted by molar-refractivity contribution is 5.30. The first kappa shape index (κ1) is 11.9. The molecule has 1 aliphatic rings. The number of nitriles is 1. The molecule has 3 heteroatoms. The highest BCUT2D eigenvalue weighted by Crippen LogP contribution is 2.27. The van der Waals surface area contributed by atoms with Crippen LogP contribution in [0, 0.1) is 17.2 Å². The van der Waals surface area contributed by atoms with Gasteiger partial charge in [-0.05, 0) is 49.5 Å². The van der Waals surface area contributed by atoms with Crippen LogP contribution >= 0.6 is 0 Å². The summed E-state index contributed by atoms with van der Waals surface area (Å²) < 4.78 is 0. The standard InChI is InChI=1S/C14H18N2O/c1-11-6-8-16(9-7-11)14(10-15)12-2-4-13(17)5-3-12/h2-5,11,14,17H,6-9H2,1H3. The minimum Gasteiger partial charge on any atom is -0.508 e. The predicted molar refractivity (Wildman–Crippen MR) is 66.4 cm³/mol. The molecule has 1 atom stereocenters. The van der Waals surface area contributed by atoms with Crippen LogP contribution in [0.4, 0.5) is 0 Å². The van der Waals surface area contributed by atoms with Gasteiger partial charge in [-0.2, -0.15) is 5.26 Å². The molecule has 0 spiro atoms. The summed E-state index contributed by atoms with van der Waals surface area (Å²) in [5.41, 5.74) is 0.972. The van der Waals surface area contributed by atoms with E-state index >= 15 is 0 Å². The number of hydrogen-bond donors (Lipinski definition) is 1. The van der Waals surface area contributed by atoms with E-state index in [1.165, 1.54) is 0 Å². The lowest BCUT2D eigenvalue weighted by Crippen LogP contribution is -2.35. The monoisotopic (exact) mass is 230 g/mol. The molecule has 1 aromatic carbocycles. The van der Waals surface area contributed by atoms with Crippen molar-refractivity contribution in [3.8, 4) is 11.8 Å². The number of phenolic OH excluding ortho intramolecular Hbond substituents is 1. The largest absolute Gasteiger partial charge is 0.508 e. The lowest BCUT2D eigenvalue weighted by atomic mass is 9.96. The third-order valence-corrected chi connectivity index (χ3v) is 3.51. The van der Waals surface area contributed by atoms with Crippen molar-refractivity contribution < 1.29 is 5.11 Å². The van der Waals surface area contributed by atoms with Gasteiger partial charge in [0.05, 0.1) is 6.07 Å². The molecular formula is C14H18N2O. The van der Waals surface area contributed by atoms with E-state index in [1.54, 1.807) is 12.1 Å². The summed E-state index contributed by atoms with van der Waals surface area (Å²) in [5, 5.41) is 18.6. The molecule has 0 amide bonds. The van der Waals surface area contributed by atoms with Crippen molar-refractivity contribution in [2.24, 2.45) is 5.92 Å². The van der Waals surface area contributed by atoms with Gasteiger partial charge in [0.15, 0.2) is 0 Å². The number of rotatable bonds is 2. The van der Waals surface area contributed by atoms with Crippen LogP contribution in [0.25, 0.3) is 0 Å². The first-order valence-corrected chi connectivity index (χ1v) is 6.13. The molecule has 3 nitrogen and oxygen atoms in total. The van der Waals surface area contributed by atoms with Gasteiger partial charge in [0.25, 0.3) is 0 Å². The van der Waals surface area contributed by atoms with E-state index in [0.29, 0.717) is 0 Å². The minimum absolute atomic E-state index is 0.178. The van der Waals surface area contributed by atoms with Crippen LogP contribution in [0.15, 0.2) is 24.3 Å². The fourth-order valence-electron chi connectivity index (χ4n) is 2.31. The molecule has 0 bridgehead atoms. The second-order valence-electron chi connectivity index (χ2n) is 4.84. The van der Waals surface area contributed by atoms with E-state index in [9.17, 15) is 10.4 Å². The highest BCUT2D eigenvalue weighted by atomic mass is 16.3. The second kappa shape index (κ2) is 5.20. The molecule has 0 radical (unpaired) electrons. The van der Waals surface area contributed by atoms with E-state index in [4.69, 9.17) is 0 Å². The molecule has 2 rings (SSSR count). The maximum atomic E-state index is 9.31. The Morgan fingerprint density at radius 1 is 1.29 bits per heavy atom. The van der Waals surface area contributed by atoms with Crippen molar-refractivity contribution in [2.75, 3.05) is 13.1 Å². The molecule has 17 heavy (non-hydrogen) atoms. The molecule has 1 unspecified atom stereocenters. The number of nitrogens with zero attached hydrogens (tertiary/aromatic N) is 2. The van der Waals surface area contributed by atoms with Crippen LogP contribution < -0.4 is 0 Å². The highest BCUT2D eigenvalue weighted by Gasteiger charge is 2.24. The lowest BCUT2D eigenvalue weighted by molar-refractivity contribution is 0.165. The number of likely N-dealkylation sites (tertiary alicyclic amines) is 1. The van der Waals surface area contributed by atoms with Crippen LogP contribution in [0.3, 0.4) is 0 Å². The molecule has 1 aliphatic heterocycles. The van der Waals surface area contributed by atoms with Gasteiger partial charge >= 0.3 is 0 Å². The summed E-state index contributed by atoms with van der Waals surface area (Å²) in [7, 11) is 0. The Morgan fingerprint density at radius 3 is 2.41 bits per heavy atom. The van der Waals surface area contributed by atoms with E-state index in [2.05, 4.69) is 17.9 Å². The minimum atomic E-state index is -0.178. The third-order valence-electron chi connectivity index (χ3n) is 3.51. The number of benzene rings is 1. The average Bonchev–Trinajstić information content (AvgIpc) is 2.35. The quantitative estimate of drug-likeness (QED) is 0.849. The van der Waals surface area contributed by atoms with Crippen molar-refractivity contribution in [3.63, 3.8) is 0 Å². The van der Waals surface area contributed by atoms with Gasteiger partial charge in [0, 0.05) is 0 Å². The zero-order valence-electron chi connectivity index (χ0n) is 10.1. The number of piperidine rings is 1. The van der Waals surface area contributed by atoms with Crippen LogP contribution in [0.2, 0.25) is 0 Å². The van der Waals surface area contributed by atoms with Gasteiger partial charge in [-0.25, -0.2) is 0 Å². The Morgan fingerprint density at radius 2 is 1.88 bits per heavy atom. The summed E-state index contributed by atoms with van der Waals surface area (Å²) in [6, 6.07) is 9.15. The molecule has 0 aromatic heterocycles. The van der Waals surface area contributed by atoms with Gasteiger partial charge in [0.2, 0.25) is 0 Å². The van der Waals surface area contributed by atoms with Crippen molar-refractivity contribution in [2.45, 2.75) is 25.8 Å². The molecular weight excluding hydrogens is 212 g/mol. The van der Waals surface area contributed by atoms with Gasteiger partial charge in [-0.15, -0.1) is 0 Å². The molecule has 1 aromatic rings. The van der Waals surface area contributed by atoms with E-state index in [-0.39, 0.29) is 11.8 Å². The van der Waals surface area contributed by atoms with Crippen LogP contribution in [-0.4, -0.2) is 23.1 Å². The maximum Gasteiger partial charge on any atom is 0.123 e. The molecule has 1 saturated heterocycles. The number of aromatic hydroxyl groups is 1. The van der Waals surface area contributed by atoms with E-state index in [1.807, 2.05) is 12.1 Å². The second-order valence-corrected chi connectivity index (χ2v) is 4.84. The van der Waals surface area contributed by atoms with Crippen molar-refractivity contribution >= 4 is 0 Å². The molecule has 1 fully saturated rings. The zero-order chi connectivity index (χ0) is 12.3. The Bertz CT molecular complexity index is 399. The fraction of sp³-hybridized carbons (Fsp3) is 0.500. The summed E-state index contributed by atoms with van der Waals surface area (Å²) in [4.78, 5) is 2.23. The zero-order valence-corrected chi connectivity index (χ0v) is 10.1. The number of hydrogen-bond acceptors (Lipinski definition) is 3. The third kappa shape index (κ3) is 2.78. The van der Waals surface area contributed by atoms with Gasteiger partial charge < -0.3 is 5.11 Å². The van der Waals surface area contributed by atoms with Crippen LogP contribution in [0.1, 0.15) is 31.4 Å². The Hall–Kier alpha value is -1.53. The molecule has 1 heterocycles. The molecule has 0 saturated carbocycles. The predicted octanol–water partition coefficient (Wildman–Crippen LogP) is 2.69. The Balaban J connectivity index is 2.11.